The summed E-state index contributed by atoms with van der Waals surface area (Å²) in [6.45, 7) is 0. The first-order valence-electron chi connectivity index (χ1n) is 4.55. The molecule has 0 aromatic heterocycles. The van der Waals surface area contributed by atoms with E-state index in [1.807, 2.05) is 6.07 Å². The van der Waals surface area contributed by atoms with Gasteiger partial charge in [-0.05, 0) is 11.6 Å². The van der Waals surface area contributed by atoms with Gasteiger partial charge in [-0.25, -0.2) is 0 Å². The topological polar surface area (TPSA) is 85.3 Å². The fourth-order valence-corrected chi connectivity index (χ4v) is 1.35. The van der Waals surface area contributed by atoms with Gasteiger partial charge in [0.2, 0.25) is 0 Å². The Balaban J connectivity index is 3.21. The average molecular weight is 220 g/mol. The summed E-state index contributed by atoms with van der Waals surface area (Å²) in [7, 11) is 2.73. The number of nitriles is 1. The molecule has 0 spiro atoms. The number of methoxy groups -OCH3 is 2. The van der Waals surface area contributed by atoms with Crippen LogP contribution in [0.3, 0.4) is 0 Å². The van der Waals surface area contributed by atoms with Gasteiger partial charge in [-0.3, -0.25) is 4.79 Å². The summed E-state index contributed by atoms with van der Waals surface area (Å²) in [5.41, 5.74) is 6.89. The van der Waals surface area contributed by atoms with Crippen LogP contribution in [0.15, 0.2) is 12.1 Å². The van der Waals surface area contributed by atoms with Crippen LogP contribution in [0.2, 0.25) is 0 Å². The Kier molecular flexibility index (Phi) is 3.72. The van der Waals surface area contributed by atoms with Crippen LogP contribution in [0.5, 0.6) is 5.75 Å². The minimum atomic E-state index is -0.427. The Morgan fingerprint density at radius 2 is 2.19 bits per heavy atom. The van der Waals surface area contributed by atoms with Crippen molar-refractivity contribution in [2.75, 3.05) is 20.0 Å². The summed E-state index contributed by atoms with van der Waals surface area (Å²) < 4.78 is 9.56. The molecule has 0 amide bonds. The molecule has 0 saturated heterocycles. The number of nitrogen functional groups attached to an aromatic ring is 1. The van der Waals surface area contributed by atoms with Crippen molar-refractivity contribution < 1.29 is 14.3 Å². The maximum absolute atomic E-state index is 11.1. The monoisotopic (exact) mass is 220 g/mol. The molecule has 0 fully saturated rings. The van der Waals surface area contributed by atoms with E-state index in [1.54, 1.807) is 12.1 Å². The second kappa shape index (κ2) is 5.03. The standard InChI is InChI=1S/C11H12N2O3/c1-15-10-5-8(13)3-7(9(10)6-12)4-11(14)16-2/h3,5H,4,13H2,1-2H3. The molecule has 0 saturated carbocycles. The summed E-state index contributed by atoms with van der Waals surface area (Å²) in [5, 5.41) is 8.98. The molecule has 0 heterocycles. The van der Waals surface area contributed by atoms with E-state index in [0.717, 1.165) is 0 Å². The van der Waals surface area contributed by atoms with E-state index < -0.39 is 5.97 Å². The number of nitrogens with two attached hydrogens (primary N) is 1. The van der Waals surface area contributed by atoms with Crippen LogP contribution in [0.25, 0.3) is 0 Å². The fraction of sp³-hybridized carbons (Fsp3) is 0.273. The minimum Gasteiger partial charge on any atom is -0.495 e. The van der Waals surface area contributed by atoms with Crippen LogP contribution in [0, 0.1) is 11.3 Å². The van der Waals surface area contributed by atoms with Gasteiger partial charge >= 0.3 is 5.97 Å². The minimum absolute atomic E-state index is 0.000787. The van der Waals surface area contributed by atoms with Gasteiger partial charge in [0.05, 0.1) is 26.2 Å². The van der Waals surface area contributed by atoms with Crippen molar-refractivity contribution in [1.29, 1.82) is 5.26 Å². The Labute approximate surface area is 93.4 Å². The molecule has 5 heteroatoms. The van der Waals surface area contributed by atoms with Crippen LogP contribution < -0.4 is 10.5 Å². The lowest BCUT2D eigenvalue weighted by molar-refractivity contribution is -0.139. The highest BCUT2D eigenvalue weighted by atomic mass is 16.5. The van der Waals surface area contributed by atoms with Crippen molar-refractivity contribution in [2.24, 2.45) is 0 Å². The van der Waals surface area contributed by atoms with Crippen molar-refractivity contribution in [3.8, 4) is 11.8 Å². The molecule has 0 unspecified atom stereocenters. The molecule has 84 valence electrons. The summed E-state index contributed by atoms with van der Waals surface area (Å²) in [6, 6.07) is 5.09. The smallest absolute Gasteiger partial charge is 0.310 e. The zero-order chi connectivity index (χ0) is 12.1. The number of esters is 1. The molecular formula is C11H12N2O3. The molecule has 0 aliphatic heterocycles. The quantitative estimate of drug-likeness (QED) is 0.603. The van der Waals surface area contributed by atoms with Crippen molar-refractivity contribution in [3.05, 3.63) is 23.3 Å². The van der Waals surface area contributed by atoms with E-state index in [2.05, 4.69) is 4.74 Å². The highest BCUT2D eigenvalue weighted by Gasteiger charge is 2.13. The third-order valence-corrected chi connectivity index (χ3v) is 2.10. The fourth-order valence-electron chi connectivity index (χ4n) is 1.35. The molecule has 1 aromatic rings. The van der Waals surface area contributed by atoms with Crippen molar-refractivity contribution in [3.63, 3.8) is 0 Å². The predicted octanol–water partition coefficient (Wildman–Crippen LogP) is 0.865. The Hall–Kier alpha value is -2.22. The van der Waals surface area contributed by atoms with Crippen molar-refractivity contribution in [1.82, 2.24) is 0 Å². The van der Waals surface area contributed by atoms with Crippen molar-refractivity contribution >= 4 is 11.7 Å². The zero-order valence-corrected chi connectivity index (χ0v) is 9.11. The van der Waals surface area contributed by atoms with Gasteiger partial charge < -0.3 is 15.2 Å². The largest absolute Gasteiger partial charge is 0.495 e. The average Bonchev–Trinajstić information content (AvgIpc) is 2.28. The van der Waals surface area contributed by atoms with E-state index >= 15 is 0 Å². The lowest BCUT2D eigenvalue weighted by atomic mass is 10.0. The molecule has 0 radical (unpaired) electrons. The molecule has 2 N–H and O–H groups in total. The lowest BCUT2D eigenvalue weighted by Crippen LogP contribution is -2.07. The lowest BCUT2D eigenvalue weighted by Gasteiger charge is -2.09. The molecular weight excluding hydrogens is 208 g/mol. The summed E-state index contributed by atoms with van der Waals surface area (Å²) >= 11 is 0. The van der Waals surface area contributed by atoms with E-state index in [-0.39, 0.29) is 6.42 Å². The van der Waals surface area contributed by atoms with E-state index in [0.29, 0.717) is 22.6 Å². The molecule has 0 atom stereocenters. The summed E-state index contributed by atoms with van der Waals surface area (Å²) in [6.07, 6.45) is 0.000787. The molecule has 0 bridgehead atoms. The van der Waals surface area contributed by atoms with E-state index in [1.165, 1.54) is 14.2 Å². The molecule has 1 rings (SSSR count). The van der Waals surface area contributed by atoms with Gasteiger partial charge in [0.1, 0.15) is 11.8 Å². The SMILES string of the molecule is COC(=O)Cc1cc(N)cc(OC)c1C#N. The summed E-state index contributed by atoms with van der Waals surface area (Å²) in [4.78, 5) is 11.1. The second-order valence-corrected chi connectivity index (χ2v) is 3.12. The second-order valence-electron chi connectivity index (χ2n) is 3.12. The number of carbonyl (C=O) groups is 1. The van der Waals surface area contributed by atoms with Crippen molar-refractivity contribution in [2.45, 2.75) is 6.42 Å². The molecule has 5 nitrogen and oxygen atoms in total. The van der Waals surface area contributed by atoms with Crippen LogP contribution >= 0.6 is 0 Å². The maximum Gasteiger partial charge on any atom is 0.310 e. The predicted molar refractivity (Wildman–Crippen MR) is 57.8 cm³/mol. The first-order chi connectivity index (χ1) is 7.62. The number of ether oxygens (including phenoxy) is 2. The number of hydrogen-bond acceptors (Lipinski definition) is 5. The first kappa shape index (κ1) is 11.9. The number of nitrogens with zero attached hydrogens (tertiary/aromatic N) is 1. The van der Waals surface area contributed by atoms with Gasteiger partial charge in [-0.15, -0.1) is 0 Å². The van der Waals surface area contributed by atoms with Gasteiger partial charge in [-0.1, -0.05) is 0 Å². The van der Waals surface area contributed by atoms with Crippen LogP contribution in [-0.2, 0) is 16.0 Å². The molecule has 16 heavy (non-hydrogen) atoms. The highest BCUT2D eigenvalue weighted by Crippen LogP contribution is 2.25. The van der Waals surface area contributed by atoms with E-state index in [9.17, 15) is 4.79 Å². The molecule has 0 aliphatic rings. The Morgan fingerprint density at radius 1 is 1.50 bits per heavy atom. The molecule has 0 aliphatic carbocycles. The number of benzene rings is 1. The van der Waals surface area contributed by atoms with Crippen LogP contribution in [0.4, 0.5) is 5.69 Å². The van der Waals surface area contributed by atoms with Crippen LogP contribution in [0.1, 0.15) is 11.1 Å². The number of rotatable bonds is 3. The Bertz CT molecular complexity index is 449. The first-order valence-corrected chi connectivity index (χ1v) is 4.55. The third-order valence-electron chi connectivity index (χ3n) is 2.10. The zero-order valence-electron chi connectivity index (χ0n) is 9.11. The number of anilines is 1. The summed E-state index contributed by atoms with van der Waals surface area (Å²) in [5.74, 6) is -0.0643. The van der Waals surface area contributed by atoms with Gasteiger partial charge in [0.15, 0.2) is 0 Å². The van der Waals surface area contributed by atoms with Gasteiger partial charge in [-0.2, -0.15) is 5.26 Å². The van der Waals surface area contributed by atoms with Crippen LogP contribution in [-0.4, -0.2) is 20.2 Å². The number of carbonyl (C=O) groups excluding carboxylic acids is 1. The van der Waals surface area contributed by atoms with Gasteiger partial charge in [0.25, 0.3) is 0 Å². The highest BCUT2D eigenvalue weighted by molar-refractivity contribution is 5.75. The maximum atomic E-state index is 11.1. The third kappa shape index (κ3) is 2.42. The molecule has 1 aromatic carbocycles. The normalized spacial score (nSPS) is 9.31. The van der Waals surface area contributed by atoms with E-state index in [4.69, 9.17) is 15.7 Å². The Morgan fingerprint density at radius 3 is 2.69 bits per heavy atom. The van der Waals surface area contributed by atoms with Gasteiger partial charge in [0, 0.05) is 11.8 Å². The number of hydrogen-bond donors (Lipinski definition) is 1.